The first kappa shape index (κ1) is 22.0. The van der Waals surface area contributed by atoms with Crippen LogP contribution in [0, 0.1) is 11.6 Å². The van der Waals surface area contributed by atoms with E-state index in [4.69, 9.17) is 0 Å². The zero-order valence-electron chi connectivity index (χ0n) is 18.2. The van der Waals surface area contributed by atoms with Crippen molar-refractivity contribution in [1.29, 1.82) is 0 Å². The number of amides is 3. The van der Waals surface area contributed by atoms with Gasteiger partial charge in [-0.25, -0.2) is 13.6 Å². The van der Waals surface area contributed by atoms with E-state index in [1.807, 2.05) is 30.3 Å². The number of fused-ring (bicyclic) bond motifs is 1. The Hall–Kier alpha value is -3.78. The fourth-order valence-electron chi connectivity index (χ4n) is 4.96. The summed E-state index contributed by atoms with van der Waals surface area (Å²) >= 11 is 0. The largest absolute Gasteiger partial charge is 0.394 e. The third-order valence-electron chi connectivity index (χ3n) is 6.59. The van der Waals surface area contributed by atoms with Crippen molar-refractivity contribution in [3.05, 3.63) is 90.0 Å². The van der Waals surface area contributed by atoms with Crippen LogP contribution in [-0.4, -0.2) is 58.6 Å². The molecule has 2 aliphatic rings. The van der Waals surface area contributed by atoms with Crippen molar-refractivity contribution in [3.8, 4) is 11.1 Å². The molecule has 0 bridgehead atoms. The fraction of sp³-hybridized carbons (Fsp3) is 0.231. The van der Waals surface area contributed by atoms with Gasteiger partial charge in [0.1, 0.15) is 18.2 Å². The van der Waals surface area contributed by atoms with Gasteiger partial charge in [0.25, 0.3) is 0 Å². The second-order valence-electron chi connectivity index (χ2n) is 8.59. The molecule has 0 aromatic heterocycles. The van der Waals surface area contributed by atoms with Gasteiger partial charge in [-0.05, 0) is 53.1 Å². The first-order chi connectivity index (χ1) is 16.4. The molecule has 2 saturated heterocycles. The summed E-state index contributed by atoms with van der Waals surface area (Å²) < 4.78 is 26.7. The fourth-order valence-corrected chi connectivity index (χ4v) is 4.96. The van der Waals surface area contributed by atoms with Crippen LogP contribution in [0.25, 0.3) is 11.1 Å². The highest BCUT2D eigenvalue weighted by Gasteiger charge is 2.54. The topological polar surface area (TPSA) is 72.9 Å². The summed E-state index contributed by atoms with van der Waals surface area (Å²) in [6.07, 6.45) is 0. The number of piperazine rings is 1. The van der Waals surface area contributed by atoms with Crippen LogP contribution < -0.4 is 5.32 Å². The zero-order chi connectivity index (χ0) is 23.8. The highest BCUT2D eigenvalue weighted by atomic mass is 19.1. The molecule has 0 saturated carbocycles. The maximum atomic E-state index is 13.6. The molecule has 0 unspecified atom stereocenters. The van der Waals surface area contributed by atoms with Crippen LogP contribution in [0.15, 0.2) is 72.8 Å². The number of nitrogens with zero attached hydrogens (tertiary/aromatic N) is 2. The second-order valence-corrected chi connectivity index (χ2v) is 8.59. The number of hydrogen-bond donors (Lipinski definition) is 2. The molecule has 5 rings (SSSR count). The van der Waals surface area contributed by atoms with Gasteiger partial charge in [0.05, 0.1) is 18.7 Å². The van der Waals surface area contributed by atoms with Crippen molar-refractivity contribution in [2.24, 2.45) is 0 Å². The maximum absolute atomic E-state index is 13.6. The number of hydrogen-bond acceptors (Lipinski definition) is 3. The third kappa shape index (κ3) is 4.01. The number of carbonyl (C=O) groups is 2. The average Bonchev–Trinajstić information content (AvgIpc) is 2.82. The van der Waals surface area contributed by atoms with Gasteiger partial charge in [-0.1, -0.05) is 36.4 Å². The van der Waals surface area contributed by atoms with E-state index in [0.29, 0.717) is 12.2 Å². The number of carbonyl (C=O) groups excluding carboxylic acids is 2. The summed E-state index contributed by atoms with van der Waals surface area (Å²) in [5, 5.41) is 12.7. The minimum Gasteiger partial charge on any atom is -0.394 e. The molecule has 174 valence electrons. The lowest BCUT2D eigenvalue weighted by molar-refractivity contribution is -0.159. The van der Waals surface area contributed by atoms with Crippen molar-refractivity contribution in [2.45, 2.75) is 18.0 Å². The van der Waals surface area contributed by atoms with Gasteiger partial charge in [-0.15, -0.1) is 0 Å². The quantitative estimate of drug-likeness (QED) is 0.618. The Bertz CT molecular complexity index is 1220. The van der Waals surface area contributed by atoms with Crippen molar-refractivity contribution in [2.75, 3.05) is 25.0 Å². The monoisotopic (exact) mass is 463 g/mol. The number of anilines is 1. The summed E-state index contributed by atoms with van der Waals surface area (Å²) in [6.45, 7) is 0.0389. The van der Waals surface area contributed by atoms with E-state index < -0.39 is 11.8 Å². The smallest absolute Gasteiger partial charge is 0.322 e. The predicted molar refractivity (Wildman–Crippen MR) is 123 cm³/mol. The Morgan fingerprint density at radius 1 is 0.971 bits per heavy atom. The molecule has 2 N–H and O–H groups in total. The standard InChI is InChI=1S/C26H23F2N3O3/c27-19-8-10-21(11-9-19)29-26(34)30-13-22-25(23(15-32)31(22)24(33)14-30)17-6-4-16(5-7-17)18-2-1-3-20(28)12-18/h1-12,22-23,25,32H,13-15H2,(H,29,34)/t22-,23-,25+/m1/s1. The first-order valence-corrected chi connectivity index (χ1v) is 11.0. The van der Waals surface area contributed by atoms with E-state index in [1.54, 1.807) is 11.0 Å². The van der Waals surface area contributed by atoms with E-state index in [0.717, 1.165) is 16.7 Å². The van der Waals surface area contributed by atoms with Crippen LogP contribution >= 0.6 is 0 Å². The van der Waals surface area contributed by atoms with E-state index in [2.05, 4.69) is 5.32 Å². The van der Waals surface area contributed by atoms with Crippen LogP contribution in [0.4, 0.5) is 19.3 Å². The predicted octanol–water partition coefficient (Wildman–Crippen LogP) is 3.83. The molecule has 6 nitrogen and oxygen atoms in total. The van der Waals surface area contributed by atoms with E-state index in [1.165, 1.54) is 41.3 Å². The molecule has 3 aromatic rings. The van der Waals surface area contributed by atoms with Crippen LogP contribution in [-0.2, 0) is 4.79 Å². The molecule has 0 aliphatic carbocycles. The number of aliphatic hydroxyl groups excluding tert-OH is 1. The van der Waals surface area contributed by atoms with Gasteiger partial charge < -0.3 is 20.2 Å². The van der Waals surface area contributed by atoms with Gasteiger partial charge in [0.2, 0.25) is 5.91 Å². The van der Waals surface area contributed by atoms with Crippen molar-refractivity contribution in [1.82, 2.24) is 9.80 Å². The summed E-state index contributed by atoms with van der Waals surface area (Å²) in [7, 11) is 0. The lowest BCUT2D eigenvalue weighted by atomic mass is 9.73. The average molecular weight is 463 g/mol. The molecule has 8 heteroatoms. The van der Waals surface area contributed by atoms with Crippen molar-refractivity contribution >= 4 is 17.6 Å². The summed E-state index contributed by atoms with van der Waals surface area (Å²) in [6, 6.07) is 18.3. The molecule has 2 aliphatic heterocycles. The highest BCUT2D eigenvalue weighted by molar-refractivity contribution is 5.93. The number of urea groups is 1. The molecular weight excluding hydrogens is 440 g/mol. The van der Waals surface area contributed by atoms with Crippen LogP contribution in [0.1, 0.15) is 11.5 Å². The zero-order valence-corrected chi connectivity index (χ0v) is 18.2. The highest BCUT2D eigenvalue weighted by Crippen LogP contribution is 2.43. The molecule has 2 fully saturated rings. The Morgan fingerprint density at radius 3 is 2.38 bits per heavy atom. The molecule has 0 spiro atoms. The van der Waals surface area contributed by atoms with E-state index in [9.17, 15) is 23.5 Å². The van der Waals surface area contributed by atoms with Crippen LogP contribution in [0.5, 0.6) is 0 Å². The van der Waals surface area contributed by atoms with Crippen LogP contribution in [0.3, 0.4) is 0 Å². The Balaban J connectivity index is 1.34. The summed E-state index contributed by atoms with van der Waals surface area (Å²) in [5.74, 6) is -1.08. The van der Waals surface area contributed by atoms with E-state index >= 15 is 0 Å². The molecule has 0 radical (unpaired) electrons. The Labute approximate surface area is 195 Å². The van der Waals surface area contributed by atoms with Crippen LogP contribution in [0.2, 0.25) is 0 Å². The van der Waals surface area contributed by atoms with Gasteiger partial charge in [0, 0.05) is 18.2 Å². The number of benzene rings is 3. The number of aliphatic hydroxyl groups is 1. The molecule has 3 aromatic carbocycles. The molecule has 34 heavy (non-hydrogen) atoms. The number of halogens is 2. The van der Waals surface area contributed by atoms with Gasteiger partial charge in [0.15, 0.2) is 0 Å². The minimum atomic E-state index is -0.438. The number of nitrogens with one attached hydrogen (secondary N) is 1. The van der Waals surface area contributed by atoms with Gasteiger partial charge >= 0.3 is 6.03 Å². The Morgan fingerprint density at radius 2 is 1.71 bits per heavy atom. The lowest BCUT2D eigenvalue weighted by Gasteiger charge is -2.58. The first-order valence-electron chi connectivity index (χ1n) is 11.0. The van der Waals surface area contributed by atoms with Gasteiger partial charge in [-0.2, -0.15) is 0 Å². The summed E-state index contributed by atoms with van der Waals surface area (Å²) in [5.41, 5.74) is 3.00. The SMILES string of the molecule is O=C(Nc1ccc(F)cc1)N1CC(=O)N2[C@H](CO)[C@@H](c3ccc(-c4cccc(F)c4)cc3)[C@H]2C1. The van der Waals surface area contributed by atoms with Crippen molar-refractivity contribution < 1.29 is 23.5 Å². The molecule has 3 atom stereocenters. The number of rotatable bonds is 4. The molecule has 2 heterocycles. The Kier molecular flexibility index (Phi) is 5.75. The summed E-state index contributed by atoms with van der Waals surface area (Å²) in [4.78, 5) is 28.7. The van der Waals surface area contributed by atoms with E-state index in [-0.39, 0.29) is 42.9 Å². The lowest BCUT2D eigenvalue weighted by Crippen LogP contribution is -2.73. The molecular formula is C26H23F2N3O3. The second kappa shape index (κ2) is 8.87. The van der Waals surface area contributed by atoms with Gasteiger partial charge in [-0.3, -0.25) is 4.79 Å². The molecule has 3 amide bonds. The van der Waals surface area contributed by atoms with Crippen molar-refractivity contribution in [3.63, 3.8) is 0 Å². The maximum Gasteiger partial charge on any atom is 0.322 e. The minimum absolute atomic E-state index is 0.0920. The third-order valence-corrected chi connectivity index (χ3v) is 6.59. The normalized spacial score (nSPS) is 21.6.